The van der Waals surface area contributed by atoms with Crippen molar-refractivity contribution in [1.82, 2.24) is 4.57 Å². The lowest BCUT2D eigenvalue weighted by Gasteiger charge is -2.14. The van der Waals surface area contributed by atoms with Crippen LogP contribution in [-0.2, 0) is 21.2 Å². The number of aromatic nitrogens is 1. The van der Waals surface area contributed by atoms with Gasteiger partial charge in [0, 0.05) is 18.7 Å². The molecule has 0 spiro atoms. The monoisotopic (exact) mass is 392 g/mol. The van der Waals surface area contributed by atoms with E-state index in [2.05, 4.69) is 5.32 Å². The van der Waals surface area contributed by atoms with Crippen LogP contribution in [-0.4, -0.2) is 26.0 Å². The van der Waals surface area contributed by atoms with Gasteiger partial charge in [-0.15, -0.1) is 0 Å². The molecular formula is C20H28N2O4S. The first-order chi connectivity index (χ1) is 12.8. The van der Waals surface area contributed by atoms with E-state index in [0.29, 0.717) is 36.5 Å². The van der Waals surface area contributed by atoms with Crippen molar-refractivity contribution in [2.45, 2.75) is 63.3 Å². The minimum atomic E-state index is -3.80. The number of nitrogens with zero attached hydrogens (tertiary/aromatic N) is 1. The zero-order valence-electron chi connectivity index (χ0n) is 16.6. The van der Waals surface area contributed by atoms with Crippen LogP contribution in [0.25, 0.3) is 0 Å². The molecule has 0 unspecified atom stereocenters. The van der Waals surface area contributed by atoms with E-state index in [4.69, 9.17) is 4.74 Å². The minimum absolute atomic E-state index is 0.170. The van der Waals surface area contributed by atoms with Gasteiger partial charge in [-0.1, -0.05) is 13.8 Å². The summed E-state index contributed by atoms with van der Waals surface area (Å²) in [7, 11) is -2.27. The normalized spacial score (nSPS) is 11.4. The average molecular weight is 393 g/mol. The van der Waals surface area contributed by atoms with Gasteiger partial charge in [-0.2, -0.15) is 0 Å². The number of methoxy groups -OCH3 is 1. The molecule has 0 bridgehead atoms. The predicted octanol–water partition coefficient (Wildman–Crippen LogP) is 4.09. The Morgan fingerprint density at radius 1 is 1.11 bits per heavy atom. The van der Waals surface area contributed by atoms with Gasteiger partial charge >= 0.3 is 0 Å². The molecule has 1 heterocycles. The van der Waals surface area contributed by atoms with Crippen molar-refractivity contribution in [3.63, 3.8) is 0 Å². The van der Waals surface area contributed by atoms with Crippen LogP contribution in [0.2, 0.25) is 0 Å². The fourth-order valence-electron chi connectivity index (χ4n) is 3.09. The molecule has 0 saturated heterocycles. The number of ether oxygens (including phenoxy) is 1. The van der Waals surface area contributed by atoms with Crippen LogP contribution >= 0.6 is 0 Å². The minimum Gasteiger partial charge on any atom is -0.497 e. The number of sulfone groups is 1. The average Bonchev–Trinajstić information content (AvgIpc) is 2.87. The Bertz CT molecular complexity index is 912. The lowest BCUT2D eigenvalue weighted by atomic mass is 10.3. The zero-order chi connectivity index (χ0) is 20.2. The highest BCUT2D eigenvalue weighted by Gasteiger charge is 2.30. The maximum Gasteiger partial charge on any atom is 0.225 e. The molecule has 6 nitrogen and oxygen atoms in total. The molecule has 1 aromatic heterocycles. The quantitative estimate of drug-likeness (QED) is 0.734. The molecular weight excluding hydrogens is 364 g/mol. The summed E-state index contributed by atoms with van der Waals surface area (Å²) in [5.74, 6) is 0.765. The fraction of sp³-hybridized carbons (Fsp3) is 0.450. The maximum absolute atomic E-state index is 13.4. The molecule has 0 radical (unpaired) electrons. The van der Waals surface area contributed by atoms with E-state index in [1.807, 2.05) is 25.3 Å². The second-order valence-corrected chi connectivity index (χ2v) is 8.40. The molecule has 1 N–H and O–H groups in total. The number of anilines is 1. The highest BCUT2D eigenvalue weighted by Crippen LogP contribution is 2.36. The predicted molar refractivity (Wildman–Crippen MR) is 106 cm³/mol. The van der Waals surface area contributed by atoms with Crippen LogP contribution in [0, 0.1) is 13.8 Å². The van der Waals surface area contributed by atoms with E-state index >= 15 is 0 Å². The summed E-state index contributed by atoms with van der Waals surface area (Å²) in [5.41, 5.74) is 1.50. The lowest BCUT2D eigenvalue weighted by Crippen LogP contribution is -2.17. The Hall–Kier alpha value is -2.28. The van der Waals surface area contributed by atoms with E-state index in [1.54, 1.807) is 19.1 Å². The molecule has 0 atom stereocenters. The third-order valence-corrected chi connectivity index (χ3v) is 6.52. The Labute approximate surface area is 161 Å². The highest BCUT2D eigenvalue weighted by molar-refractivity contribution is 7.91. The van der Waals surface area contributed by atoms with E-state index in [0.717, 1.165) is 12.1 Å². The van der Waals surface area contributed by atoms with Crippen molar-refractivity contribution in [2.24, 2.45) is 0 Å². The molecule has 0 aliphatic carbocycles. The van der Waals surface area contributed by atoms with Crippen molar-refractivity contribution in [3.8, 4) is 5.75 Å². The van der Waals surface area contributed by atoms with Crippen LogP contribution in [0.15, 0.2) is 34.1 Å². The van der Waals surface area contributed by atoms with Crippen LogP contribution in [0.5, 0.6) is 5.75 Å². The van der Waals surface area contributed by atoms with Gasteiger partial charge in [0.1, 0.15) is 16.5 Å². The van der Waals surface area contributed by atoms with E-state index in [9.17, 15) is 13.2 Å². The number of amides is 1. The van der Waals surface area contributed by atoms with Crippen molar-refractivity contribution in [1.29, 1.82) is 0 Å². The van der Waals surface area contributed by atoms with Crippen LogP contribution < -0.4 is 10.1 Å². The van der Waals surface area contributed by atoms with Crippen LogP contribution in [0.4, 0.5) is 5.82 Å². The van der Waals surface area contributed by atoms with Gasteiger partial charge in [-0.3, -0.25) is 4.79 Å². The summed E-state index contributed by atoms with van der Waals surface area (Å²) >= 11 is 0. The summed E-state index contributed by atoms with van der Waals surface area (Å²) in [6.07, 6.45) is 1.86. The van der Waals surface area contributed by atoms with Gasteiger partial charge in [0.25, 0.3) is 0 Å². The summed E-state index contributed by atoms with van der Waals surface area (Å²) < 4.78 is 33.8. The third kappa shape index (κ3) is 4.18. The fourth-order valence-corrected chi connectivity index (χ4v) is 4.78. The van der Waals surface area contributed by atoms with Crippen LogP contribution in [0.3, 0.4) is 0 Å². The maximum atomic E-state index is 13.4. The highest BCUT2D eigenvalue weighted by atomic mass is 32.2. The van der Waals surface area contributed by atoms with Gasteiger partial charge in [0.05, 0.1) is 12.0 Å². The number of hydrogen-bond donors (Lipinski definition) is 1. The molecule has 2 aromatic rings. The second kappa shape index (κ2) is 8.61. The molecule has 0 saturated carbocycles. The van der Waals surface area contributed by atoms with Gasteiger partial charge in [-0.25, -0.2) is 8.42 Å². The molecule has 7 heteroatoms. The number of carbonyl (C=O) groups is 1. The number of hydrogen-bond acceptors (Lipinski definition) is 4. The molecule has 0 fully saturated rings. The zero-order valence-corrected chi connectivity index (χ0v) is 17.4. The summed E-state index contributed by atoms with van der Waals surface area (Å²) in [5, 5.41) is 2.85. The molecule has 1 aromatic carbocycles. The first kappa shape index (κ1) is 21.0. The van der Waals surface area contributed by atoms with Gasteiger partial charge < -0.3 is 14.6 Å². The Morgan fingerprint density at radius 2 is 1.74 bits per heavy atom. The summed E-state index contributed by atoms with van der Waals surface area (Å²) in [6.45, 7) is 8.23. The van der Waals surface area contributed by atoms with E-state index in [-0.39, 0.29) is 15.7 Å². The number of nitrogens with one attached hydrogen (secondary N) is 1. The van der Waals surface area contributed by atoms with E-state index < -0.39 is 9.84 Å². The largest absolute Gasteiger partial charge is 0.497 e. The van der Waals surface area contributed by atoms with E-state index in [1.165, 1.54) is 19.2 Å². The Kier molecular flexibility index (Phi) is 6.70. The van der Waals surface area contributed by atoms with Gasteiger partial charge in [0.2, 0.25) is 15.7 Å². The lowest BCUT2D eigenvalue weighted by molar-refractivity contribution is -0.116. The second-order valence-electron chi connectivity index (χ2n) is 6.52. The van der Waals surface area contributed by atoms with Gasteiger partial charge in [-0.05, 0) is 56.5 Å². The Morgan fingerprint density at radius 3 is 2.26 bits per heavy atom. The number of rotatable bonds is 8. The third-order valence-electron chi connectivity index (χ3n) is 4.59. The number of carbonyl (C=O) groups excluding carboxylic acids is 1. The standard InChI is InChI=1S/C20H28N2O4S/c1-6-8-18(23)21-20-19(14(3)15(4)22(20)13-7-2)27(24,25)17-11-9-16(26-5)10-12-17/h9-12H,6-8,13H2,1-5H3,(H,21,23). The molecule has 2 rings (SSSR count). The molecule has 27 heavy (non-hydrogen) atoms. The topological polar surface area (TPSA) is 77.4 Å². The first-order valence-corrected chi connectivity index (χ1v) is 10.6. The molecule has 1 amide bonds. The SMILES string of the molecule is CCCC(=O)Nc1c(S(=O)(=O)c2ccc(OC)cc2)c(C)c(C)n1CCC. The Balaban J connectivity index is 2.65. The smallest absolute Gasteiger partial charge is 0.225 e. The molecule has 148 valence electrons. The van der Waals surface area contributed by atoms with Crippen molar-refractivity contribution >= 4 is 21.6 Å². The van der Waals surface area contributed by atoms with Crippen molar-refractivity contribution in [2.75, 3.05) is 12.4 Å². The first-order valence-electron chi connectivity index (χ1n) is 9.16. The molecule has 0 aliphatic heterocycles. The summed E-state index contributed by atoms with van der Waals surface area (Å²) in [6, 6.07) is 6.29. The van der Waals surface area contributed by atoms with Gasteiger partial charge in [0.15, 0.2) is 0 Å². The summed E-state index contributed by atoms with van der Waals surface area (Å²) in [4.78, 5) is 12.6. The number of benzene rings is 1. The molecule has 0 aliphatic rings. The van der Waals surface area contributed by atoms with Crippen LogP contribution in [0.1, 0.15) is 44.4 Å². The van der Waals surface area contributed by atoms with Crippen molar-refractivity contribution in [3.05, 3.63) is 35.5 Å². The van der Waals surface area contributed by atoms with Crippen molar-refractivity contribution < 1.29 is 17.9 Å².